The zero-order chi connectivity index (χ0) is 49.3. The van der Waals surface area contributed by atoms with E-state index >= 15 is 0 Å². The maximum atomic E-state index is 12.5. The van der Waals surface area contributed by atoms with E-state index in [-0.39, 0.29) is 18.5 Å². The van der Waals surface area contributed by atoms with Crippen LogP contribution >= 0.6 is 0 Å². The molecule has 2 unspecified atom stereocenters. The van der Waals surface area contributed by atoms with Crippen LogP contribution in [0.4, 0.5) is 0 Å². The van der Waals surface area contributed by atoms with Crippen molar-refractivity contribution in [3.05, 3.63) is 24.3 Å². The van der Waals surface area contributed by atoms with Crippen molar-refractivity contribution in [3.8, 4) is 0 Å². The molecule has 0 fully saturated rings. The lowest BCUT2D eigenvalue weighted by molar-refractivity contribution is -0.143. The lowest BCUT2D eigenvalue weighted by Crippen LogP contribution is -2.45. The Morgan fingerprint density at radius 3 is 1.04 bits per heavy atom. The fourth-order valence-electron chi connectivity index (χ4n) is 9.51. The van der Waals surface area contributed by atoms with E-state index in [1.807, 2.05) is 6.08 Å². The van der Waals surface area contributed by atoms with Crippen LogP contribution in [0.25, 0.3) is 0 Å². The van der Waals surface area contributed by atoms with Crippen LogP contribution in [0, 0.1) is 0 Å². The van der Waals surface area contributed by atoms with Crippen molar-refractivity contribution < 1.29 is 24.5 Å². The number of hydrogen-bond donors (Lipinski definition) is 3. The van der Waals surface area contributed by atoms with E-state index in [1.54, 1.807) is 6.08 Å². The second-order valence-corrected chi connectivity index (χ2v) is 21.0. The van der Waals surface area contributed by atoms with Crippen LogP contribution in [-0.4, -0.2) is 47.4 Å². The molecule has 68 heavy (non-hydrogen) atoms. The van der Waals surface area contributed by atoms with Gasteiger partial charge in [0.05, 0.1) is 25.4 Å². The lowest BCUT2D eigenvalue weighted by Gasteiger charge is -2.20. The average Bonchev–Trinajstić information content (AvgIpc) is 3.34. The van der Waals surface area contributed by atoms with E-state index in [4.69, 9.17) is 4.74 Å². The SMILES string of the molecule is CCCCCCCCCCCCCCCCC/C=C/C(O)C(CO)NC(=O)CCCCCCCCC/C=C\CCCCCCCCCCCOC(=O)CCCCCCCCCCCCCCCC. The van der Waals surface area contributed by atoms with Gasteiger partial charge in [-0.15, -0.1) is 0 Å². The summed E-state index contributed by atoms with van der Waals surface area (Å²) in [6.07, 6.45) is 70.6. The molecule has 0 saturated heterocycles. The smallest absolute Gasteiger partial charge is 0.305 e. The van der Waals surface area contributed by atoms with Gasteiger partial charge in [-0.2, -0.15) is 0 Å². The van der Waals surface area contributed by atoms with Crippen LogP contribution in [0.15, 0.2) is 24.3 Å². The molecule has 0 aliphatic carbocycles. The average molecular weight is 959 g/mol. The van der Waals surface area contributed by atoms with Crippen molar-refractivity contribution in [2.75, 3.05) is 13.2 Å². The first kappa shape index (κ1) is 66.3. The first-order valence-electron chi connectivity index (χ1n) is 30.6. The van der Waals surface area contributed by atoms with E-state index in [1.165, 1.54) is 263 Å². The predicted molar refractivity (Wildman–Crippen MR) is 296 cm³/mol. The van der Waals surface area contributed by atoms with Gasteiger partial charge in [0.1, 0.15) is 0 Å². The summed E-state index contributed by atoms with van der Waals surface area (Å²) in [6.45, 7) is 4.92. The van der Waals surface area contributed by atoms with E-state index in [2.05, 4.69) is 31.3 Å². The monoisotopic (exact) mass is 958 g/mol. The summed E-state index contributed by atoms with van der Waals surface area (Å²) in [5, 5.41) is 23.1. The van der Waals surface area contributed by atoms with Gasteiger partial charge in [0.2, 0.25) is 5.91 Å². The molecule has 2 atom stereocenters. The van der Waals surface area contributed by atoms with Crippen molar-refractivity contribution >= 4 is 11.9 Å². The number of allylic oxidation sites excluding steroid dienone is 3. The topological polar surface area (TPSA) is 95.9 Å². The second kappa shape index (κ2) is 57.9. The Bertz CT molecular complexity index is 1060. The van der Waals surface area contributed by atoms with Gasteiger partial charge in [-0.05, 0) is 57.8 Å². The van der Waals surface area contributed by atoms with E-state index in [0.29, 0.717) is 19.4 Å². The third-order valence-corrected chi connectivity index (χ3v) is 14.2. The van der Waals surface area contributed by atoms with Crippen LogP contribution in [0.3, 0.4) is 0 Å². The van der Waals surface area contributed by atoms with Gasteiger partial charge in [0, 0.05) is 12.8 Å². The number of unbranched alkanes of at least 4 members (excludes halogenated alkanes) is 44. The normalized spacial score (nSPS) is 12.7. The minimum Gasteiger partial charge on any atom is -0.466 e. The first-order valence-corrected chi connectivity index (χ1v) is 30.6. The van der Waals surface area contributed by atoms with Crippen LogP contribution in [0.5, 0.6) is 0 Å². The van der Waals surface area contributed by atoms with Gasteiger partial charge in [-0.3, -0.25) is 9.59 Å². The summed E-state index contributed by atoms with van der Waals surface area (Å²) in [7, 11) is 0. The summed E-state index contributed by atoms with van der Waals surface area (Å²) in [6, 6.07) is -0.634. The summed E-state index contributed by atoms with van der Waals surface area (Å²) in [4.78, 5) is 24.5. The molecule has 0 aliphatic heterocycles. The summed E-state index contributed by atoms with van der Waals surface area (Å²) >= 11 is 0. The molecule has 0 rings (SSSR count). The van der Waals surface area contributed by atoms with E-state index in [0.717, 1.165) is 44.9 Å². The molecule has 0 radical (unpaired) electrons. The van der Waals surface area contributed by atoms with E-state index < -0.39 is 12.1 Å². The highest BCUT2D eigenvalue weighted by molar-refractivity contribution is 5.76. The molecule has 6 heteroatoms. The summed E-state index contributed by atoms with van der Waals surface area (Å²) < 4.78 is 5.48. The quantitative estimate of drug-likeness (QED) is 0.0321. The Morgan fingerprint density at radius 1 is 0.397 bits per heavy atom. The minimum absolute atomic E-state index is 0.00811. The molecule has 0 saturated carbocycles. The van der Waals surface area contributed by atoms with Gasteiger partial charge < -0.3 is 20.3 Å². The largest absolute Gasteiger partial charge is 0.466 e. The number of aliphatic hydroxyl groups is 2. The number of hydrogen-bond acceptors (Lipinski definition) is 5. The van der Waals surface area contributed by atoms with Crippen LogP contribution in [-0.2, 0) is 14.3 Å². The number of rotatable bonds is 57. The summed E-state index contributed by atoms with van der Waals surface area (Å²) in [5.74, 6) is -0.0664. The molecule has 0 aromatic carbocycles. The number of carbonyl (C=O) groups is 2. The minimum atomic E-state index is -0.850. The molecule has 0 spiro atoms. The molecular formula is C62H119NO5. The maximum absolute atomic E-state index is 12.5. The zero-order valence-electron chi connectivity index (χ0n) is 45.9. The zero-order valence-corrected chi connectivity index (χ0v) is 45.9. The predicted octanol–water partition coefficient (Wildman–Crippen LogP) is 19.0. The molecule has 0 aliphatic rings. The number of nitrogens with one attached hydrogen (secondary N) is 1. The molecule has 1 amide bonds. The Balaban J connectivity index is 3.45. The molecule has 0 bridgehead atoms. The number of ether oxygens (including phenoxy) is 1. The molecular weight excluding hydrogens is 839 g/mol. The van der Waals surface area contributed by atoms with Gasteiger partial charge in [-0.1, -0.05) is 289 Å². The lowest BCUT2D eigenvalue weighted by atomic mass is 10.0. The highest BCUT2D eigenvalue weighted by Crippen LogP contribution is 2.17. The molecule has 402 valence electrons. The number of amides is 1. The Morgan fingerprint density at radius 2 is 0.691 bits per heavy atom. The third-order valence-electron chi connectivity index (χ3n) is 14.2. The number of aliphatic hydroxyl groups excluding tert-OH is 2. The summed E-state index contributed by atoms with van der Waals surface area (Å²) in [5.41, 5.74) is 0. The van der Waals surface area contributed by atoms with Crippen molar-refractivity contribution in [1.82, 2.24) is 5.32 Å². The number of esters is 1. The second-order valence-electron chi connectivity index (χ2n) is 21.0. The van der Waals surface area contributed by atoms with Gasteiger partial charge in [0.15, 0.2) is 0 Å². The number of carbonyl (C=O) groups excluding carboxylic acids is 2. The Kier molecular flexibility index (Phi) is 56.5. The molecule has 3 N–H and O–H groups in total. The van der Waals surface area contributed by atoms with Crippen LogP contribution in [0.1, 0.15) is 335 Å². The van der Waals surface area contributed by atoms with Crippen molar-refractivity contribution in [1.29, 1.82) is 0 Å². The van der Waals surface area contributed by atoms with Crippen LogP contribution in [0.2, 0.25) is 0 Å². The fraction of sp³-hybridized carbons (Fsp3) is 0.903. The van der Waals surface area contributed by atoms with Crippen molar-refractivity contribution in [3.63, 3.8) is 0 Å². The Hall–Kier alpha value is -1.66. The standard InChI is InChI=1S/C62H119NO5/c1-3-5-7-9-11-13-15-17-19-24-27-30-34-38-42-46-50-54-60(65)59(58-64)63-61(66)55-51-47-43-39-35-31-28-25-22-20-21-23-26-29-33-37-41-45-49-53-57-68-62(67)56-52-48-44-40-36-32-18-16-14-12-10-8-6-4-2/h20,22,50,54,59-60,64-65H,3-19,21,23-49,51-53,55-58H2,1-2H3,(H,63,66)/b22-20-,54-50+. The molecule has 6 nitrogen and oxygen atoms in total. The van der Waals surface area contributed by atoms with Crippen molar-refractivity contribution in [2.24, 2.45) is 0 Å². The molecule has 0 aromatic heterocycles. The van der Waals surface area contributed by atoms with Crippen molar-refractivity contribution in [2.45, 2.75) is 347 Å². The highest BCUT2D eigenvalue weighted by atomic mass is 16.5. The van der Waals surface area contributed by atoms with Gasteiger partial charge in [0.25, 0.3) is 0 Å². The fourth-order valence-corrected chi connectivity index (χ4v) is 9.51. The highest BCUT2D eigenvalue weighted by Gasteiger charge is 2.18. The first-order chi connectivity index (χ1) is 33.5. The Labute approximate surface area is 424 Å². The molecule has 0 heterocycles. The maximum Gasteiger partial charge on any atom is 0.305 e. The molecule has 0 aromatic rings. The van der Waals surface area contributed by atoms with E-state index in [9.17, 15) is 19.8 Å². The van der Waals surface area contributed by atoms with Crippen LogP contribution < -0.4 is 5.32 Å². The van der Waals surface area contributed by atoms with Gasteiger partial charge in [-0.25, -0.2) is 0 Å². The van der Waals surface area contributed by atoms with Gasteiger partial charge >= 0.3 is 5.97 Å². The third kappa shape index (κ3) is 53.7.